The number of anilines is 1. The zero-order chi connectivity index (χ0) is 21.1. The maximum Gasteiger partial charge on any atom is 0.267 e. The van der Waals surface area contributed by atoms with Gasteiger partial charge in [-0.15, -0.1) is 5.10 Å². The molecule has 0 saturated carbocycles. The van der Waals surface area contributed by atoms with Gasteiger partial charge >= 0.3 is 0 Å². The van der Waals surface area contributed by atoms with Crippen molar-refractivity contribution in [1.29, 1.82) is 0 Å². The Bertz CT molecular complexity index is 1170. The molecular formula is C21H21N5O3S. The standard InChI is InChI=1S/C21H21N5O3S/c1-4-29-16-9-7-10-17-18(16)23-21(30-17)26(12-14-8-5-6-11-22-14)20(27)15-13-25(2)24-19(15)28-3/h5-11,13H,4,12H2,1-3H3. The van der Waals surface area contributed by atoms with Crippen LogP contribution in [0.3, 0.4) is 0 Å². The number of hydrogen-bond donors (Lipinski definition) is 0. The smallest absolute Gasteiger partial charge is 0.267 e. The van der Waals surface area contributed by atoms with Gasteiger partial charge in [-0.2, -0.15) is 0 Å². The number of benzene rings is 1. The summed E-state index contributed by atoms with van der Waals surface area (Å²) in [5.41, 5.74) is 1.84. The summed E-state index contributed by atoms with van der Waals surface area (Å²) in [4.78, 5) is 24.2. The topological polar surface area (TPSA) is 82.4 Å². The van der Waals surface area contributed by atoms with Gasteiger partial charge in [0.25, 0.3) is 5.91 Å². The van der Waals surface area contributed by atoms with Gasteiger partial charge in [-0.3, -0.25) is 19.4 Å². The molecule has 154 valence electrons. The number of hydrogen-bond acceptors (Lipinski definition) is 7. The molecule has 0 fully saturated rings. The fraction of sp³-hybridized carbons (Fsp3) is 0.238. The molecule has 4 aromatic rings. The summed E-state index contributed by atoms with van der Waals surface area (Å²) in [5, 5.41) is 4.76. The Kier molecular flexibility index (Phi) is 5.62. The normalized spacial score (nSPS) is 10.9. The number of para-hydroxylation sites is 1. The number of fused-ring (bicyclic) bond motifs is 1. The van der Waals surface area contributed by atoms with E-state index < -0.39 is 0 Å². The van der Waals surface area contributed by atoms with Gasteiger partial charge in [-0.25, -0.2) is 4.98 Å². The van der Waals surface area contributed by atoms with Crippen LogP contribution < -0.4 is 14.4 Å². The van der Waals surface area contributed by atoms with Crippen LogP contribution in [0.5, 0.6) is 11.6 Å². The fourth-order valence-corrected chi connectivity index (χ4v) is 4.07. The van der Waals surface area contributed by atoms with Crippen molar-refractivity contribution in [2.45, 2.75) is 13.5 Å². The summed E-state index contributed by atoms with van der Waals surface area (Å²) < 4.78 is 13.5. The molecule has 0 aliphatic heterocycles. The van der Waals surface area contributed by atoms with E-state index in [9.17, 15) is 4.79 Å². The molecule has 0 N–H and O–H groups in total. The van der Waals surface area contributed by atoms with E-state index in [0.717, 1.165) is 15.9 Å². The lowest BCUT2D eigenvalue weighted by molar-refractivity contribution is 0.0982. The third-order valence-corrected chi connectivity index (χ3v) is 5.46. The fourth-order valence-electron chi connectivity index (χ4n) is 3.09. The Labute approximate surface area is 177 Å². The van der Waals surface area contributed by atoms with E-state index in [-0.39, 0.29) is 18.3 Å². The van der Waals surface area contributed by atoms with Crippen molar-refractivity contribution in [3.05, 3.63) is 60.0 Å². The Hall–Kier alpha value is -3.46. The molecular weight excluding hydrogens is 402 g/mol. The van der Waals surface area contributed by atoms with E-state index in [4.69, 9.17) is 14.5 Å². The minimum absolute atomic E-state index is 0.261. The van der Waals surface area contributed by atoms with Crippen molar-refractivity contribution in [3.8, 4) is 11.6 Å². The van der Waals surface area contributed by atoms with E-state index in [1.54, 1.807) is 29.0 Å². The molecule has 0 saturated heterocycles. The summed E-state index contributed by atoms with van der Waals surface area (Å²) >= 11 is 1.43. The molecule has 3 heterocycles. The van der Waals surface area contributed by atoms with Gasteiger partial charge in [0.15, 0.2) is 5.13 Å². The number of aromatic nitrogens is 4. The van der Waals surface area contributed by atoms with E-state index in [2.05, 4.69) is 10.1 Å². The zero-order valence-electron chi connectivity index (χ0n) is 16.9. The van der Waals surface area contributed by atoms with Gasteiger partial charge in [0.05, 0.1) is 30.7 Å². The van der Waals surface area contributed by atoms with Crippen LogP contribution in [0.2, 0.25) is 0 Å². The average molecular weight is 423 g/mol. The van der Waals surface area contributed by atoms with Crippen molar-refractivity contribution in [3.63, 3.8) is 0 Å². The summed E-state index contributed by atoms with van der Waals surface area (Å²) in [5.74, 6) is 0.703. The molecule has 4 rings (SSSR count). The first-order valence-electron chi connectivity index (χ1n) is 9.42. The molecule has 3 aromatic heterocycles. The third kappa shape index (κ3) is 3.84. The maximum absolute atomic E-state index is 13.5. The first-order chi connectivity index (χ1) is 14.6. The van der Waals surface area contributed by atoms with Crippen LogP contribution in [0.25, 0.3) is 10.2 Å². The summed E-state index contributed by atoms with van der Waals surface area (Å²) in [6, 6.07) is 11.4. The molecule has 0 aliphatic carbocycles. The number of aryl methyl sites for hydroxylation is 1. The number of amides is 1. The highest BCUT2D eigenvalue weighted by Gasteiger charge is 2.27. The highest BCUT2D eigenvalue weighted by molar-refractivity contribution is 7.22. The largest absolute Gasteiger partial charge is 0.492 e. The number of ether oxygens (including phenoxy) is 2. The molecule has 0 unspecified atom stereocenters. The van der Waals surface area contributed by atoms with Crippen LogP contribution in [0.4, 0.5) is 5.13 Å². The van der Waals surface area contributed by atoms with Crippen molar-refractivity contribution in [2.75, 3.05) is 18.6 Å². The van der Waals surface area contributed by atoms with Gasteiger partial charge in [-0.1, -0.05) is 23.5 Å². The van der Waals surface area contributed by atoms with Crippen molar-refractivity contribution in [1.82, 2.24) is 19.7 Å². The van der Waals surface area contributed by atoms with Crippen LogP contribution in [-0.2, 0) is 13.6 Å². The van der Waals surface area contributed by atoms with Crippen LogP contribution in [0.1, 0.15) is 23.0 Å². The molecule has 0 spiro atoms. The predicted octanol–water partition coefficient (Wildman–Crippen LogP) is 3.68. The second-order valence-electron chi connectivity index (χ2n) is 6.47. The number of nitrogens with zero attached hydrogens (tertiary/aromatic N) is 5. The van der Waals surface area contributed by atoms with Crippen molar-refractivity contribution < 1.29 is 14.3 Å². The van der Waals surface area contributed by atoms with Gasteiger partial charge < -0.3 is 9.47 Å². The van der Waals surface area contributed by atoms with Gasteiger partial charge in [0, 0.05) is 19.4 Å². The number of pyridine rings is 1. The van der Waals surface area contributed by atoms with E-state index >= 15 is 0 Å². The lowest BCUT2D eigenvalue weighted by Gasteiger charge is -2.19. The highest BCUT2D eigenvalue weighted by atomic mass is 32.1. The first kappa shape index (κ1) is 19.8. The van der Waals surface area contributed by atoms with E-state index in [1.807, 2.05) is 43.3 Å². The van der Waals surface area contributed by atoms with Crippen LogP contribution in [-0.4, -0.2) is 39.4 Å². The van der Waals surface area contributed by atoms with Gasteiger partial charge in [0.1, 0.15) is 16.8 Å². The summed E-state index contributed by atoms with van der Waals surface area (Å²) in [6.07, 6.45) is 3.35. The minimum atomic E-state index is -0.261. The Balaban J connectivity index is 1.80. The number of carbonyl (C=O) groups is 1. The van der Waals surface area contributed by atoms with Crippen LogP contribution in [0.15, 0.2) is 48.8 Å². The number of carbonyl (C=O) groups excluding carboxylic acids is 1. The quantitative estimate of drug-likeness (QED) is 0.451. The van der Waals surface area contributed by atoms with Gasteiger partial charge in [0.2, 0.25) is 5.88 Å². The molecule has 1 aromatic carbocycles. The molecule has 8 nitrogen and oxygen atoms in total. The lowest BCUT2D eigenvalue weighted by atomic mass is 10.2. The van der Waals surface area contributed by atoms with Crippen molar-refractivity contribution >= 4 is 32.6 Å². The van der Waals surface area contributed by atoms with E-state index in [0.29, 0.717) is 23.1 Å². The SMILES string of the molecule is CCOc1cccc2sc(N(Cc3ccccn3)C(=O)c3cn(C)nc3OC)nc12. The molecule has 1 amide bonds. The molecule has 0 aliphatic rings. The zero-order valence-corrected chi connectivity index (χ0v) is 17.7. The Morgan fingerprint density at radius 2 is 2.10 bits per heavy atom. The third-order valence-electron chi connectivity index (χ3n) is 4.41. The maximum atomic E-state index is 13.5. The summed E-state index contributed by atoms with van der Waals surface area (Å²) in [7, 11) is 3.24. The Morgan fingerprint density at radius 3 is 2.83 bits per heavy atom. The number of thiazole rings is 1. The molecule has 0 atom stereocenters. The highest BCUT2D eigenvalue weighted by Crippen LogP contribution is 2.35. The number of rotatable bonds is 7. The van der Waals surface area contributed by atoms with Gasteiger partial charge in [-0.05, 0) is 31.2 Å². The molecule has 9 heteroatoms. The van der Waals surface area contributed by atoms with E-state index in [1.165, 1.54) is 18.4 Å². The molecule has 0 bridgehead atoms. The summed E-state index contributed by atoms with van der Waals surface area (Å²) in [6.45, 7) is 2.73. The minimum Gasteiger partial charge on any atom is -0.492 e. The second-order valence-corrected chi connectivity index (χ2v) is 7.48. The van der Waals surface area contributed by atoms with Crippen LogP contribution >= 0.6 is 11.3 Å². The predicted molar refractivity (Wildman–Crippen MR) is 115 cm³/mol. The lowest BCUT2D eigenvalue weighted by Crippen LogP contribution is -2.30. The average Bonchev–Trinajstić information content (AvgIpc) is 3.36. The molecule has 0 radical (unpaired) electrons. The monoisotopic (exact) mass is 423 g/mol. The van der Waals surface area contributed by atoms with Crippen LogP contribution in [0, 0.1) is 0 Å². The number of methoxy groups -OCH3 is 1. The first-order valence-corrected chi connectivity index (χ1v) is 10.2. The second kappa shape index (κ2) is 8.50. The van der Waals surface area contributed by atoms with Crippen molar-refractivity contribution in [2.24, 2.45) is 7.05 Å². The molecule has 30 heavy (non-hydrogen) atoms. The Morgan fingerprint density at radius 1 is 1.23 bits per heavy atom.